The molecule has 0 spiro atoms. The molecule has 16 heavy (non-hydrogen) atoms. The van der Waals surface area contributed by atoms with E-state index in [-0.39, 0.29) is 5.91 Å². The van der Waals surface area contributed by atoms with E-state index in [4.69, 9.17) is 4.42 Å². The average Bonchev–Trinajstić information content (AvgIpc) is 2.81. The van der Waals surface area contributed by atoms with Crippen LogP contribution in [-0.2, 0) is 0 Å². The number of carbonyl (C=O) groups excluding carboxylic acids is 1. The van der Waals surface area contributed by atoms with E-state index < -0.39 is 0 Å². The van der Waals surface area contributed by atoms with E-state index in [2.05, 4.69) is 22.9 Å². The fourth-order valence-corrected chi connectivity index (χ4v) is 2.65. The summed E-state index contributed by atoms with van der Waals surface area (Å²) in [6.45, 7) is 3.84. The van der Waals surface area contributed by atoms with E-state index in [9.17, 15) is 4.79 Å². The summed E-state index contributed by atoms with van der Waals surface area (Å²) in [6, 6.07) is 3.47. The van der Waals surface area contributed by atoms with Gasteiger partial charge in [0.25, 0.3) is 5.91 Å². The third-order valence-electron chi connectivity index (χ3n) is 3.21. The van der Waals surface area contributed by atoms with Gasteiger partial charge in [-0.25, -0.2) is 0 Å². The van der Waals surface area contributed by atoms with Gasteiger partial charge in [0.15, 0.2) is 5.76 Å². The van der Waals surface area contributed by atoms with Gasteiger partial charge in [-0.2, -0.15) is 0 Å². The van der Waals surface area contributed by atoms with Gasteiger partial charge in [0.2, 0.25) is 0 Å². The van der Waals surface area contributed by atoms with Crippen LogP contribution < -0.4 is 0 Å². The normalized spacial score (nSPS) is 19.8. The number of carbonyl (C=O) groups is 1. The first kappa shape index (κ1) is 11.7. The van der Waals surface area contributed by atoms with Crippen molar-refractivity contribution in [2.24, 2.45) is 5.92 Å². The van der Waals surface area contributed by atoms with Crippen LogP contribution in [0.5, 0.6) is 0 Å². The zero-order chi connectivity index (χ0) is 11.5. The number of furan rings is 1. The smallest absolute Gasteiger partial charge is 0.289 e. The zero-order valence-corrected chi connectivity index (χ0v) is 10.9. The highest BCUT2D eigenvalue weighted by molar-refractivity contribution is 9.09. The summed E-state index contributed by atoms with van der Waals surface area (Å²) in [5.74, 6) is 1.15. The second kappa shape index (κ2) is 5.04. The van der Waals surface area contributed by atoms with Crippen LogP contribution in [0.25, 0.3) is 0 Å². The topological polar surface area (TPSA) is 33.5 Å². The summed E-state index contributed by atoms with van der Waals surface area (Å²) in [5.41, 5.74) is 0. The van der Waals surface area contributed by atoms with Crippen LogP contribution in [0.4, 0.5) is 0 Å². The maximum Gasteiger partial charge on any atom is 0.289 e. The molecule has 0 aromatic carbocycles. The Hall–Kier alpha value is -0.770. The van der Waals surface area contributed by atoms with Gasteiger partial charge in [0.05, 0.1) is 6.26 Å². The van der Waals surface area contributed by atoms with Crippen molar-refractivity contribution in [3.63, 3.8) is 0 Å². The van der Waals surface area contributed by atoms with Crippen molar-refractivity contribution >= 4 is 21.8 Å². The molecule has 3 nitrogen and oxygen atoms in total. The van der Waals surface area contributed by atoms with Crippen molar-refractivity contribution in [2.45, 2.75) is 24.6 Å². The molecule has 4 heteroatoms. The Labute approximate surface area is 104 Å². The maximum atomic E-state index is 12.0. The molecule has 1 aliphatic heterocycles. The third kappa shape index (κ3) is 2.48. The fourth-order valence-electron chi connectivity index (χ4n) is 2.12. The first-order valence-corrected chi connectivity index (χ1v) is 6.57. The third-order valence-corrected chi connectivity index (χ3v) is 3.96. The van der Waals surface area contributed by atoms with Crippen molar-refractivity contribution in [2.75, 3.05) is 13.1 Å². The minimum atomic E-state index is 0.0191. The molecule has 2 heterocycles. The minimum absolute atomic E-state index is 0.0191. The van der Waals surface area contributed by atoms with Crippen LogP contribution in [0.2, 0.25) is 0 Å². The quantitative estimate of drug-likeness (QED) is 0.783. The van der Waals surface area contributed by atoms with Crippen LogP contribution in [0.3, 0.4) is 0 Å². The number of hydrogen-bond donors (Lipinski definition) is 0. The molecular formula is C12H16BrNO2. The Morgan fingerprint density at radius 2 is 2.25 bits per heavy atom. The van der Waals surface area contributed by atoms with Crippen molar-refractivity contribution in [1.82, 2.24) is 4.90 Å². The lowest BCUT2D eigenvalue weighted by atomic mass is 9.94. The molecule has 1 unspecified atom stereocenters. The Morgan fingerprint density at radius 3 is 2.75 bits per heavy atom. The van der Waals surface area contributed by atoms with E-state index >= 15 is 0 Å². The van der Waals surface area contributed by atoms with Crippen molar-refractivity contribution in [3.05, 3.63) is 24.2 Å². The summed E-state index contributed by atoms with van der Waals surface area (Å²) >= 11 is 3.61. The highest BCUT2D eigenvalue weighted by Crippen LogP contribution is 2.25. The average molecular weight is 286 g/mol. The maximum absolute atomic E-state index is 12.0. The molecule has 0 radical (unpaired) electrons. The van der Waals surface area contributed by atoms with Gasteiger partial charge in [0.1, 0.15) is 0 Å². The molecule has 88 valence electrons. The molecule has 1 fully saturated rings. The summed E-state index contributed by atoms with van der Waals surface area (Å²) in [5, 5.41) is 0. The van der Waals surface area contributed by atoms with Crippen molar-refractivity contribution in [3.8, 4) is 0 Å². The van der Waals surface area contributed by atoms with Crippen LogP contribution in [0.1, 0.15) is 30.3 Å². The van der Waals surface area contributed by atoms with Gasteiger partial charge < -0.3 is 9.32 Å². The largest absolute Gasteiger partial charge is 0.459 e. The molecule has 1 atom stereocenters. The Bertz CT molecular complexity index is 340. The lowest BCUT2D eigenvalue weighted by Crippen LogP contribution is -2.39. The van der Waals surface area contributed by atoms with E-state index in [0.717, 1.165) is 25.9 Å². The number of likely N-dealkylation sites (tertiary alicyclic amines) is 1. The van der Waals surface area contributed by atoms with Gasteiger partial charge in [-0.05, 0) is 30.9 Å². The summed E-state index contributed by atoms with van der Waals surface area (Å²) in [7, 11) is 0. The predicted octanol–water partition coefficient (Wildman–Crippen LogP) is 2.92. The molecule has 1 saturated heterocycles. The van der Waals surface area contributed by atoms with E-state index in [1.54, 1.807) is 18.4 Å². The highest BCUT2D eigenvalue weighted by Gasteiger charge is 2.26. The van der Waals surface area contributed by atoms with Gasteiger partial charge in [-0.1, -0.05) is 22.9 Å². The molecule has 0 N–H and O–H groups in total. The Balaban J connectivity index is 1.92. The lowest BCUT2D eigenvalue weighted by molar-refractivity contribution is 0.0659. The second-order valence-corrected chi connectivity index (χ2v) is 5.73. The van der Waals surface area contributed by atoms with Crippen molar-refractivity contribution < 1.29 is 9.21 Å². The van der Waals surface area contributed by atoms with Gasteiger partial charge >= 0.3 is 0 Å². The first-order valence-electron chi connectivity index (χ1n) is 5.65. The SMILES string of the molecule is CC(Br)C1CCN(C(=O)c2ccco2)CC1. The summed E-state index contributed by atoms with van der Waals surface area (Å²) < 4.78 is 5.12. The van der Waals surface area contributed by atoms with Crippen LogP contribution in [0.15, 0.2) is 22.8 Å². The highest BCUT2D eigenvalue weighted by atomic mass is 79.9. The minimum Gasteiger partial charge on any atom is -0.459 e. The fraction of sp³-hybridized carbons (Fsp3) is 0.583. The van der Waals surface area contributed by atoms with Crippen LogP contribution >= 0.6 is 15.9 Å². The van der Waals surface area contributed by atoms with Gasteiger partial charge in [-0.3, -0.25) is 4.79 Å². The number of piperidine rings is 1. The number of hydrogen-bond acceptors (Lipinski definition) is 2. The molecule has 1 aliphatic rings. The molecular weight excluding hydrogens is 270 g/mol. The molecule has 0 aliphatic carbocycles. The van der Waals surface area contributed by atoms with E-state index in [1.165, 1.54) is 0 Å². The van der Waals surface area contributed by atoms with Crippen molar-refractivity contribution in [1.29, 1.82) is 0 Å². The van der Waals surface area contributed by atoms with Crippen LogP contribution in [0, 0.1) is 5.92 Å². The van der Waals surface area contributed by atoms with Crippen LogP contribution in [-0.4, -0.2) is 28.7 Å². The Morgan fingerprint density at radius 1 is 1.56 bits per heavy atom. The van der Waals surface area contributed by atoms with E-state index in [0.29, 0.717) is 16.5 Å². The first-order chi connectivity index (χ1) is 7.68. The molecule has 2 rings (SSSR count). The molecule has 1 aromatic rings. The lowest BCUT2D eigenvalue weighted by Gasteiger charge is -2.32. The Kier molecular flexibility index (Phi) is 3.69. The predicted molar refractivity (Wildman–Crippen MR) is 65.7 cm³/mol. The number of amides is 1. The molecule has 1 amide bonds. The van der Waals surface area contributed by atoms with E-state index in [1.807, 2.05) is 4.90 Å². The second-order valence-electron chi connectivity index (χ2n) is 4.28. The number of nitrogens with zero attached hydrogens (tertiary/aromatic N) is 1. The standard InChI is InChI=1S/C12H16BrNO2/c1-9(13)10-4-6-14(7-5-10)12(15)11-3-2-8-16-11/h2-3,8-10H,4-7H2,1H3. The summed E-state index contributed by atoms with van der Waals surface area (Å²) in [6.07, 6.45) is 3.68. The molecule has 1 aromatic heterocycles. The molecule has 0 saturated carbocycles. The number of halogens is 1. The van der Waals surface area contributed by atoms with Gasteiger partial charge in [0, 0.05) is 17.9 Å². The number of alkyl halides is 1. The summed E-state index contributed by atoms with van der Waals surface area (Å²) in [4.78, 5) is 14.4. The van der Waals surface area contributed by atoms with Gasteiger partial charge in [-0.15, -0.1) is 0 Å². The number of rotatable bonds is 2. The zero-order valence-electron chi connectivity index (χ0n) is 9.36. The monoisotopic (exact) mass is 285 g/mol. The molecule has 0 bridgehead atoms.